The number of halogens is 1. The largest absolute Gasteiger partial charge is 0.278 e. The molecule has 72 valence electrons. The molecule has 2 heterocycles. The van der Waals surface area contributed by atoms with Crippen molar-refractivity contribution in [3.8, 4) is 0 Å². The van der Waals surface area contributed by atoms with E-state index in [1.54, 1.807) is 6.20 Å². The van der Waals surface area contributed by atoms with Gasteiger partial charge in [0.1, 0.15) is 4.60 Å². The molecule has 0 spiro atoms. The molecule has 3 nitrogen and oxygen atoms in total. The predicted octanol–water partition coefficient (Wildman–Crippen LogP) is 2.76. The second kappa shape index (κ2) is 3.05. The fourth-order valence-electron chi connectivity index (χ4n) is 1.79. The highest BCUT2D eigenvalue weighted by Gasteiger charge is 2.21. The number of imidazole rings is 1. The molecule has 0 radical (unpaired) electrons. The van der Waals surface area contributed by atoms with Gasteiger partial charge >= 0.3 is 0 Å². The van der Waals surface area contributed by atoms with Gasteiger partial charge in [0, 0.05) is 17.8 Å². The van der Waals surface area contributed by atoms with E-state index in [-0.39, 0.29) is 0 Å². The second-order valence-electron chi connectivity index (χ2n) is 3.73. The van der Waals surface area contributed by atoms with Crippen LogP contribution in [0.4, 0.5) is 0 Å². The molecule has 14 heavy (non-hydrogen) atoms. The SMILES string of the molecule is Brc1cnc2nc(C3CCC3)ccn12. The number of hydrogen-bond donors (Lipinski definition) is 0. The van der Waals surface area contributed by atoms with Crippen molar-refractivity contribution >= 4 is 21.7 Å². The molecule has 2 aromatic heterocycles. The summed E-state index contributed by atoms with van der Waals surface area (Å²) in [4.78, 5) is 8.76. The highest BCUT2D eigenvalue weighted by atomic mass is 79.9. The minimum atomic E-state index is 0.676. The fraction of sp³-hybridized carbons (Fsp3) is 0.400. The third-order valence-electron chi connectivity index (χ3n) is 2.88. The summed E-state index contributed by atoms with van der Waals surface area (Å²) in [6.07, 6.45) is 7.73. The molecular weight excluding hydrogens is 242 g/mol. The molecule has 1 saturated carbocycles. The second-order valence-corrected chi connectivity index (χ2v) is 4.54. The monoisotopic (exact) mass is 251 g/mol. The Kier molecular flexibility index (Phi) is 1.83. The molecule has 0 aliphatic heterocycles. The quantitative estimate of drug-likeness (QED) is 0.781. The zero-order valence-electron chi connectivity index (χ0n) is 7.65. The number of fused-ring (bicyclic) bond motifs is 1. The minimum Gasteiger partial charge on any atom is -0.278 e. The van der Waals surface area contributed by atoms with E-state index >= 15 is 0 Å². The molecule has 1 aliphatic carbocycles. The molecule has 0 aromatic carbocycles. The molecule has 0 bridgehead atoms. The molecule has 2 aromatic rings. The van der Waals surface area contributed by atoms with Crippen LogP contribution in [0.5, 0.6) is 0 Å². The topological polar surface area (TPSA) is 30.2 Å². The van der Waals surface area contributed by atoms with Crippen molar-refractivity contribution < 1.29 is 0 Å². The highest BCUT2D eigenvalue weighted by molar-refractivity contribution is 9.10. The van der Waals surface area contributed by atoms with Crippen LogP contribution in [0.1, 0.15) is 30.9 Å². The van der Waals surface area contributed by atoms with Gasteiger partial charge in [-0.3, -0.25) is 4.40 Å². The first kappa shape index (κ1) is 8.41. The molecule has 0 atom stereocenters. The lowest BCUT2D eigenvalue weighted by Crippen LogP contribution is -2.11. The highest BCUT2D eigenvalue weighted by Crippen LogP contribution is 2.35. The van der Waals surface area contributed by atoms with Crippen LogP contribution in [0.15, 0.2) is 23.1 Å². The Labute approximate surface area is 90.3 Å². The third kappa shape index (κ3) is 1.17. The van der Waals surface area contributed by atoms with Gasteiger partial charge in [-0.2, -0.15) is 0 Å². The van der Waals surface area contributed by atoms with Crippen molar-refractivity contribution in [1.29, 1.82) is 0 Å². The van der Waals surface area contributed by atoms with Crippen LogP contribution in [0.25, 0.3) is 5.78 Å². The lowest BCUT2D eigenvalue weighted by Gasteiger charge is -2.24. The Balaban J connectivity index is 2.10. The first-order valence-electron chi connectivity index (χ1n) is 4.84. The molecule has 0 amide bonds. The van der Waals surface area contributed by atoms with E-state index in [2.05, 4.69) is 32.0 Å². The van der Waals surface area contributed by atoms with Crippen molar-refractivity contribution in [3.63, 3.8) is 0 Å². The van der Waals surface area contributed by atoms with E-state index in [1.807, 2.05) is 10.6 Å². The van der Waals surface area contributed by atoms with Gasteiger partial charge in [0.15, 0.2) is 0 Å². The first-order valence-corrected chi connectivity index (χ1v) is 5.63. The van der Waals surface area contributed by atoms with Gasteiger partial charge in [-0.05, 0) is 34.8 Å². The van der Waals surface area contributed by atoms with E-state index in [1.165, 1.54) is 25.0 Å². The zero-order valence-corrected chi connectivity index (χ0v) is 9.24. The Morgan fingerprint density at radius 2 is 2.29 bits per heavy atom. The van der Waals surface area contributed by atoms with Crippen LogP contribution in [0.3, 0.4) is 0 Å². The van der Waals surface area contributed by atoms with Crippen LogP contribution in [0.2, 0.25) is 0 Å². The van der Waals surface area contributed by atoms with E-state index in [0.29, 0.717) is 5.92 Å². The van der Waals surface area contributed by atoms with Crippen LogP contribution in [-0.4, -0.2) is 14.4 Å². The number of rotatable bonds is 1. The third-order valence-corrected chi connectivity index (χ3v) is 3.47. The maximum atomic E-state index is 4.54. The van der Waals surface area contributed by atoms with Gasteiger partial charge in [-0.25, -0.2) is 9.97 Å². The van der Waals surface area contributed by atoms with Crippen molar-refractivity contribution in [2.24, 2.45) is 0 Å². The van der Waals surface area contributed by atoms with Gasteiger partial charge in [-0.1, -0.05) is 6.42 Å². The maximum absolute atomic E-state index is 4.54. The zero-order chi connectivity index (χ0) is 9.54. The maximum Gasteiger partial charge on any atom is 0.234 e. The standard InChI is InChI=1S/C10H10BrN3/c11-9-6-12-10-13-8(4-5-14(9)10)7-2-1-3-7/h4-7H,1-3H2. The molecule has 0 N–H and O–H groups in total. The van der Waals surface area contributed by atoms with Crippen molar-refractivity contribution in [1.82, 2.24) is 14.4 Å². The average Bonchev–Trinajstić information content (AvgIpc) is 2.45. The van der Waals surface area contributed by atoms with Crippen molar-refractivity contribution in [2.45, 2.75) is 25.2 Å². The summed E-state index contributed by atoms with van der Waals surface area (Å²) in [5.74, 6) is 1.47. The summed E-state index contributed by atoms with van der Waals surface area (Å²) in [6.45, 7) is 0. The number of nitrogens with zero attached hydrogens (tertiary/aromatic N) is 3. The summed E-state index contributed by atoms with van der Waals surface area (Å²) < 4.78 is 2.91. The number of hydrogen-bond acceptors (Lipinski definition) is 2. The first-order chi connectivity index (χ1) is 6.84. The van der Waals surface area contributed by atoms with Crippen molar-refractivity contribution in [3.05, 3.63) is 28.8 Å². The van der Waals surface area contributed by atoms with Gasteiger partial charge in [-0.15, -0.1) is 0 Å². The Morgan fingerprint density at radius 3 is 3.00 bits per heavy atom. The summed E-state index contributed by atoms with van der Waals surface area (Å²) >= 11 is 3.42. The van der Waals surface area contributed by atoms with Gasteiger partial charge in [0.05, 0.1) is 6.20 Å². The molecular formula is C10H10BrN3. The Hall–Kier alpha value is -0.900. The lowest BCUT2D eigenvalue weighted by atomic mass is 9.83. The smallest absolute Gasteiger partial charge is 0.234 e. The van der Waals surface area contributed by atoms with E-state index in [0.717, 1.165) is 10.4 Å². The van der Waals surface area contributed by atoms with Gasteiger partial charge < -0.3 is 0 Å². The normalized spacial score (nSPS) is 17.2. The van der Waals surface area contributed by atoms with E-state index < -0.39 is 0 Å². The van der Waals surface area contributed by atoms with Crippen LogP contribution in [0, 0.1) is 0 Å². The number of aromatic nitrogens is 3. The minimum absolute atomic E-state index is 0.676. The van der Waals surface area contributed by atoms with Gasteiger partial charge in [0.2, 0.25) is 5.78 Å². The summed E-state index contributed by atoms with van der Waals surface area (Å²) in [5.41, 5.74) is 1.20. The molecule has 0 unspecified atom stereocenters. The Morgan fingerprint density at radius 1 is 1.43 bits per heavy atom. The summed E-state index contributed by atoms with van der Waals surface area (Å²) in [5, 5.41) is 0. The molecule has 3 rings (SSSR count). The van der Waals surface area contributed by atoms with Crippen molar-refractivity contribution in [2.75, 3.05) is 0 Å². The van der Waals surface area contributed by atoms with E-state index in [9.17, 15) is 0 Å². The fourth-order valence-corrected chi connectivity index (χ4v) is 2.17. The average molecular weight is 252 g/mol. The van der Waals surface area contributed by atoms with Crippen LogP contribution >= 0.6 is 15.9 Å². The molecule has 4 heteroatoms. The van der Waals surface area contributed by atoms with Crippen LogP contribution in [-0.2, 0) is 0 Å². The summed E-state index contributed by atoms with van der Waals surface area (Å²) in [6, 6.07) is 2.10. The van der Waals surface area contributed by atoms with E-state index in [4.69, 9.17) is 0 Å². The molecule has 1 aliphatic rings. The summed E-state index contributed by atoms with van der Waals surface area (Å²) in [7, 11) is 0. The Bertz CT molecular complexity index is 473. The molecule has 1 fully saturated rings. The molecule has 0 saturated heterocycles. The van der Waals surface area contributed by atoms with Gasteiger partial charge in [0.25, 0.3) is 0 Å². The van der Waals surface area contributed by atoms with Crippen LogP contribution < -0.4 is 0 Å². The lowest BCUT2D eigenvalue weighted by molar-refractivity contribution is 0.411. The predicted molar refractivity (Wildman–Crippen MR) is 57.3 cm³/mol.